The van der Waals surface area contributed by atoms with E-state index in [0.29, 0.717) is 5.92 Å². The average molecular weight is 224 g/mol. The Bertz CT molecular complexity index is 270. The second-order valence-electron chi connectivity index (χ2n) is 5.82. The van der Waals surface area contributed by atoms with E-state index in [2.05, 4.69) is 13.0 Å². The van der Waals surface area contributed by atoms with Crippen LogP contribution in [-0.2, 0) is 4.74 Å². The first-order valence-corrected chi connectivity index (χ1v) is 6.53. The molecule has 0 spiro atoms. The summed E-state index contributed by atoms with van der Waals surface area (Å²) in [6.07, 6.45) is 8.65. The lowest BCUT2D eigenvalue weighted by molar-refractivity contribution is -0.183. The van der Waals surface area contributed by atoms with Crippen molar-refractivity contribution in [3.63, 3.8) is 0 Å². The van der Waals surface area contributed by atoms with Crippen LogP contribution in [0.2, 0.25) is 0 Å². The van der Waals surface area contributed by atoms with E-state index >= 15 is 0 Å². The zero-order valence-corrected chi connectivity index (χ0v) is 10.6. The number of fused-ring (bicyclic) bond motifs is 1. The molecule has 2 aliphatic rings. The molecule has 1 aliphatic carbocycles. The van der Waals surface area contributed by atoms with E-state index in [-0.39, 0.29) is 12.2 Å². The summed E-state index contributed by atoms with van der Waals surface area (Å²) < 4.78 is 6.09. The SMILES string of the molecule is C/C=C/[C@H]1C[C@@](C)(O)[C@@H]2CC[C@@H](C)C[C@H]2O1. The predicted octanol–water partition coefficient (Wildman–Crippen LogP) is 2.91. The molecule has 1 aliphatic heterocycles. The average Bonchev–Trinajstić information content (AvgIpc) is 2.15. The van der Waals surface area contributed by atoms with E-state index in [1.807, 2.05) is 19.9 Å². The summed E-state index contributed by atoms with van der Waals surface area (Å²) in [5.74, 6) is 1.08. The van der Waals surface area contributed by atoms with Gasteiger partial charge in [-0.2, -0.15) is 0 Å². The largest absolute Gasteiger partial charge is 0.390 e. The number of aliphatic hydroxyl groups is 1. The highest BCUT2D eigenvalue weighted by atomic mass is 16.5. The van der Waals surface area contributed by atoms with Gasteiger partial charge in [-0.25, -0.2) is 0 Å². The molecule has 1 saturated heterocycles. The first-order valence-electron chi connectivity index (χ1n) is 6.53. The minimum Gasteiger partial charge on any atom is -0.390 e. The van der Waals surface area contributed by atoms with Crippen molar-refractivity contribution in [2.45, 2.75) is 64.3 Å². The molecule has 0 amide bonds. The van der Waals surface area contributed by atoms with Crippen LogP contribution in [0, 0.1) is 11.8 Å². The Hall–Kier alpha value is -0.340. The monoisotopic (exact) mass is 224 g/mol. The quantitative estimate of drug-likeness (QED) is 0.694. The molecule has 1 heterocycles. The summed E-state index contributed by atoms with van der Waals surface area (Å²) in [5.41, 5.74) is -0.548. The van der Waals surface area contributed by atoms with E-state index in [0.717, 1.165) is 25.2 Å². The maximum absolute atomic E-state index is 10.5. The summed E-state index contributed by atoms with van der Waals surface area (Å²) in [7, 11) is 0. The van der Waals surface area contributed by atoms with Crippen molar-refractivity contribution < 1.29 is 9.84 Å². The van der Waals surface area contributed by atoms with Crippen LogP contribution in [0.15, 0.2) is 12.2 Å². The van der Waals surface area contributed by atoms with Crippen LogP contribution in [0.4, 0.5) is 0 Å². The molecule has 2 fully saturated rings. The molecule has 16 heavy (non-hydrogen) atoms. The summed E-state index contributed by atoms with van der Waals surface area (Å²) in [5, 5.41) is 10.5. The Morgan fingerprint density at radius 1 is 1.38 bits per heavy atom. The van der Waals surface area contributed by atoms with Crippen molar-refractivity contribution in [1.29, 1.82) is 0 Å². The third kappa shape index (κ3) is 2.33. The first-order chi connectivity index (χ1) is 7.53. The Morgan fingerprint density at radius 2 is 2.12 bits per heavy atom. The molecule has 0 aromatic rings. The normalized spacial score (nSPS) is 49.2. The Morgan fingerprint density at radius 3 is 2.81 bits per heavy atom. The van der Waals surface area contributed by atoms with Gasteiger partial charge in [0.05, 0.1) is 17.8 Å². The molecular formula is C14H24O2. The molecule has 1 N–H and O–H groups in total. The fourth-order valence-electron chi connectivity index (χ4n) is 3.35. The van der Waals surface area contributed by atoms with E-state index in [9.17, 15) is 5.11 Å². The number of allylic oxidation sites excluding steroid dienone is 1. The standard InChI is InChI=1S/C14H24O2/c1-4-5-11-9-14(3,15)12-7-6-10(2)8-13(12)16-11/h4-5,10-13,15H,6-9H2,1-3H3/b5-4+/t10-,11+,12-,13-,14-/m1/s1. The maximum Gasteiger partial charge on any atom is 0.0787 e. The third-order valence-corrected chi connectivity index (χ3v) is 4.22. The lowest BCUT2D eigenvalue weighted by Gasteiger charge is -2.49. The van der Waals surface area contributed by atoms with Crippen LogP contribution in [0.25, 0.3) is 0 Å². The van der Waals surface area contributed by atoms with Gasteiger partial charge in [-0.3, -0.25) is 0 Å². The first kappa shape index (κ1) is 12.1. The van der Waals surface area contributed by atoms with Gasteiger partial charge < -0.3 is 9.84 Å². The second-order valence-corrected chi connectivity index (χ2v) is 5.82. The van der Waals surface area contributed by atoms with Gasteiger partial charge in [0.15, 0.2) is 0 Å². The molecular weight excluding hydrogens is 200 g/mol. The van der Waals surface area contributed by atoms with Crippen LogP contribution in [0.3, 0.4) is 0 Å². The molecule has 0 aromatic heterocycles. The van der Waals surface area contributed by atoms with Gasteiger partial charge in [0.25, 0.3) is 0 Å². The third-order valence-electron chi connectivity index (χ3n) is 4.22. The Labute approximate surface area is 98.7 Å². The Kier molecular flexibility index (Phi) is 3.41. The number of rotatable bonds is 1. The van der Waals surface area contributed by atoms with Gasteiger partial charge in [0, 0.05) is 12.3 Å². The number of ether oxygens (including phenoxy) is 1. The van der Waals surface area contributed by atoms with E-state index in [1.165, 1.54) is 6.42 Å². The fourth-order valence-corrected chi connectivity index (χ4v) is 3.35. The van der Waals surface area contributed by atoms with Gasteiger partial charge in [-0.15, -0.1) is 0 Å². The zero-order chi connectivity index (χ0) is 11.8. The van der Waals surface area contributed by atoms with Crippen molar-refractivity contribution in [2.75, 3.05) is 0 Å². The van der Waals surface area contributed by atoms with Crippen LogP contribution in [-0.4, -0.2) is 22.9 Å². The van der Waals surface area contributed by atoms with Crippen LogP contribution in [0.5, 0.6) is 0 Å². The van der Waals surface area contributed by atoms with Crippen molar-refractivity contribution >= 4 is 0 Å². The molecule has 2 heteroatoms. The minimum absolute atomic E-state index is 0.103. The van der Waals surface area contributed by atoms with Gasteiger partial charge >= 0.3 is 0 Å². The molecule has 0 bridgehead atoms. The van der Waals surface area contributed by atoms with Crippen molar-refractivity contribution in [3.05, 3.63) is 12.2 Å². The summed E-state index contributed by atoms with van der Waals surface area (Å²) in [4.78, 5) is 0. The minimum atomic E-state index is -0.548. The lowest BCUT2D eigenvalue weighted by Crippen LogP contribution is -2.53. The summed E-state index contributed by atoms with van der Waals surface area (Å²) in [6.45, 7) is 6.28. The van der Waals surface area contributed by atoms with Gasteiger partial charge in [-0.1, -0.05) is 25.5 Å². The second kappa shape index (κ2) is 4.50. The molecule has 2 nitrogen and oxygen atoms in total. The molecule has 92 valence electrons. The maximum atomic E-state index is 10.5. The van der Waals surface area contributed by atoms with Crippen molar-refractivity contribution in [1.82, 2.24) is 0 Å². The molecule has 1 saturated carbocycles. The van der Waals surface area contributed by atoms with Crippen molar-refractivity contribution in [2.24, 2.45) is 11.8 Å². The summed E-state index contributed by atoms with van der Waals surface area (Å²) >= 11 is 0. The molecule has 0 unspecified atom stereocenters. The van der Waals surface area contributed by atoms with Gasteiger partial charge in [0.2, 0.25) is 0 Å². The molecule has 0 aromatic carbocycles. The molecule has 0 radical (unpaired) electrons. The molecule has 5 atom stereocenters. The smallest absolute Gasteiger partial charge is 0.0787 e. The Balaban J connectivity index is 2.12. The topological polar surface area (TPSA) is 29.5 Å². The van der Waals surface area contributed by atoms with Crippen LogP contribution < -0.4 is 0 Å². The number of hydrogen-bond acceptors (Lipinski definition) is 2. The van der Waals surface area contributed by atoms with Crippen molar-refractivity contribution in [3.8, 4) is 0 Å². The van der Waals surface area contributed by atoms with Gasteiger partial charge in [0.1, 0.15) is 0 Å². The molecule has 2 rings (SSSR count). The fraction of sp³-hybridized carbons (Fsp3) is 0.857. The highest BCUT2D eigenvalue weighted by Gasteiger charge is 2.46. The van der Waals surface area contributed by atoms with E-state index < -0.39 is 5.60 Å². The zero-order valence-electron chi connectivity index (χ0n) is 10.6. The van der Waals surface area contributed by atoms with E-state index in [4.69, 9.17) is 4.74 Å². The number of hydrogen-bond donors (Lipinski definition) is 1. The van der Waals surface area contributed by atoms with Crippen LogP contribution in [0.1, 0.15) is 46.5 Å². The highest BCUT2D eigenvalue weighted by Crippen LogP contribution is 2.43. The summed E-state index contributed by atoms with van der Waals surface area (Å²) in [6, 6.07) is 0. The van der Waals surface area contributed by atoms with Gasteiger partial charge in [-0.05, 0) is 32.6 Å². The highest BCUT2D eigenvalue weighted by molar-refractivity contribution is 5.02. The van der Waals surface area contributed by atoms with Crippen LogP contribution >= 0.6 is 0 Å². The predicted molar refractivity (Wildman–Crippen MR) is 65.2 cm³/mol. The van der Waals surface area contributed by atoms with E-state index in [1.54, 1.807) is 0 Å². The lowest BCUT2D eigenvalue weighted by atomic mass is 9.69.